The van der Waals surface area contributed by atoms with Crippen molar-refractivity contribution in [3.05, 3.63) is 60.2 Å². The van der Waals surface area contributed by atoms with Crippen molar-refractivity contribution in [2.45, 2.75) is 12.3 Å². The minimum absolute atomic E-state index is 0.129. The zero-order valence-corrected chi connectivity index (χ0v) is 14.2. The predicted molar refractivity (Wildman–Crippen MR) is 96.4 cm³/mol. The van der Waals surface area contributed by atoms with E-state index in [0.717, 1.165) is 36.9 Å². The summed E-state index contributed by atoms with van der Waals surface area (Å²) in [5, 5.41) is 6.54. The predicted octanol–water partition coefficient (Wildman–Crippen LogP) is 2.73. The number of rotatable bonds is 8. The molecule has 0 aliphatic carbocycles. The normalized spacial score (nSPS) is 11.5. The molecule has 1 heterocycles. The van der Waals surface area contributed by atoms with Crippen molar-refractivity contribution in [3.8, 4) is 0 Å². The summed E-state index contributed by atoms with van der Waals surface area (Å²) in [7, 11) is 1.76. The molecule has 2 rings (SSSR count). The molecule has 1 aromatic heterocycles. The van der Waals surface area contributed by atoms with E-state index in [1.807, 2.05) is 36.7 Å². The minimum atomic E-state index is -0.129. The minimum Gasteiger partial charge on any atom is -0.356 e. The third-order valence-corrected chi connectivity index (χ3v) is 4.31. The molecule has 23 heavy (non-hydrogen) atoms. The van der Waals surface area contributed by atoms with E-state index in [4.69, 9.17) is 0 Å². The van der Waals surface area contributed by atoms with Crippen LogP contribution in [-0.2, 0) is 12.3 Å². The van der Waals surface area contributed by atoms with Crippen molar-refractivity contribution in [2.75, 3.05) is 25.9 Å². The maximum Gasteiger partial charge on any atom is 0.191 e. The third-order valence-electron chi connectivity index (χ3n) is 3.31. The summed E-state index contributed by atoms with van der Waals surface area (Å²) in [6.45, 7) is 2.51. The Morgan fingerprint density at radius 2 is 1.87 bits per heavy atom. The number of thioether (sulfide) groups is 1. The molecule has 0 saturated heterocycles. The Bertz CT molecular complexity index is 598. The largest absolute Gasteiger partial charge is 0.356 e. The smallest absolute Gasteiger partial charge is 0.191 e. The molecule has 0 unspecified atom stereocenters. The Hall–Kier alpha value is -1.95. The van der Waals surface area contributed by atoms with Crippen molar-refractivity contribution < 1.29 is 4.39 Å². The molecule has 4 nitrogen and oxygen atoms in total. The lowest BCUT2D eigenvalue weighted by atomic mass is 10.2. The highest BCUT2D eigenvalue weighted by molar-refractivity contribution is 7.98. The Balaban J connectivity index is 1.57. The average molecular weight is 334 g/mol. The zero-order valence-electron chi connectivity index (χ0n) is 13.3. The van der Waals surface area contributed by atoms with Gasteiger partial charge in [0.2, 0.25) is 0 Å². The third kappa shape index (κ3) is 6.36. The number of guanidine groups is 1. The molecule has 0 spiro atoms. The molecule has 0 fully saturated rings. The van der Waals surface area contributed by atoms with Crippen LogP contribution in [-0.4, -0.2) is 36.4 Å². The van der Waals surface area contributed by atoms with Crippen LogP contribution >= 0.6 is 11.8 Å². The van der Waals surface area contributed by atoms with E-state index in [1.54, 1.807) is 24.9 Å². The number of halogens is 1. The number of nitrogens with one attached hydrogen (secondary N) is 2. The van der Waals surface area contributed by atoms with Crippen LogP contribution < -0.4 is 10.6 Å². The number of hydrogen-bond acceptors (Lipinski definition) is 2. The van der Waals surface area contributed by atoms with E-state index in [0.29, 0.717) is 5.75 Å². The lowest BCUT2D eigenvalue weighted by Crippen LogP contribution is -2.39. The monoisotopic (exact) mass is 334 g/mol. The van der Waals surface area contributed by atoms with E-state index in [9.17, 15) is 4.39 Å². The van der Waals surface area contributed by atoms with E-state index in [1.165, 1.54) is 6.07 Å². The molecular formula is C17H23FN4S. The van der Waals surface area contributed by atoms with Gasteiger partial charge in [-0.25, -0.2) is 4.39 Å². The van der Waals surface area contributed by atoms with Gasteiger partial charge in [-0.1, -0.05) is 18.2 Å². The van der Waals surface area contributed by atoms with Gasteiger partial charge in [0, 0.05) is 50.6 Å². The summed E-state index contributed by atoms with van der Waals surface area (Å²) in [5.41, 5.74) is 0.756. The molecule has 2 N–H and O–H groups in total. The molecule has 1 aromatic carbocycles. The second-order valence-corrected chi connectivity index (χ2v) is 6.10. The van der Waals surface area contributed by atoms with Gasteiger partial charge in [-0.2, -0.15) is 11.8 Å². The van der Waals surface area contributed by atoms with Gasteiger partial charge >= 0.3 is 0 Å². The van der Waals surface area contributed by atoms with Crippen molar-refractivity contribution in [1.29, 1.82) is 0 Å². The molecule has 124 valence electrons. The van der Waals surface area contributed by atoms with E-state index < -0.39 is 0 Å². The highest BCUT2D eigenvalue weighted by Gasteiger charge is 2.01. The lowest BCUT2D eigenvalue weighted by molar-refractivity contribution is 0.617. The molecule has 6 heteroatoms. The first-order valence-electron chi connectivity index (χ1n) is 7.66. The van der Waals surface area contributed by atoms with E-state index in [2.05, 4.69) is 20.2 Å². The molecule has 0 saturated carbocycles. The summed E-state index contributed by atoms with van der Waals surface area (Å²) in [5.74, 6) is 2.25. The second-order valence-electron chi connectivity index (χ2n) is 4.99. The summed E-state index contributed by atoms with van der Waals surface area (Å²) in [4.78, 5) is 4.19. The van der Waals surface area contributed by atoms with Gasteiger partial charge in [0.1, 0.15) is 5.82 Å². The first-order valence-corrected chi connectivity index (χ1v) is 8.81. The maximum atomic E-state index is 13.5. The average Bonchev–Trinajstić information content (AvgIpc) is 3.08. The van der Waals surface area contributed by atoms with Crippen LogP contribution in [0.1, 0.15) is 5.56 Å². The molecule has 0 aliphatic rings. The van der Waals surface area contributed by atoms with Gasteiger partial charge in [-0.05, 0) is 23.8 Å². The summed E-state index contributed by atoms with van der Waals surface area (Å²) in [6, 6.07) is 10.9. The van der Waals surface area contributed by atoms with Crippen LogP contribution in [0.5, 0.6) is 0 Å². The van der Waals surface area contributed by atoms with Crippen molar-refractivity contribution >= 4 is 17.7 Å². The van der Waals surface area contributed by atoms with Crippen LogP contribution in [0.4, 0.5) is 4.39 Å². The van der Waals surface area contributed by atoms with Crippen LogP contribution in [0.2, 0.25) is 0 Å². The Labute approximate surface area is 141 Å². The quantitative estimate of drug-likeness (QED) is 0.443. The van der Waals surface area contributed by atoms with E-state index >= 15 is 0 Å². The molecular weight excluding hydrogens is 311 g/mol. The number of benzene rings is 1. The Morgan fingerprint density at radius 3 is 2.61 bits per heavy atom. The summed E-state index contributed by atoms with van der Waals surface area (Å²) in [6.07, 6.45) is 4.08. The molecule has 0 radical (unpaired) electrons. The SMILES string of the molecule is CN=C(NCCSCc1ccccc1F)NCCn1cccc1. The molecule has 2 aromatic rings. The number of aromatic nitrogens is 1. The first kappa shape index (κ1) is 17.4. The van der Waals surface area contributed by atoms with Crippen LogP contribution in [0.3, 0.4) is 0 Å². The highest BCUT2D eigenvalue weighted by atomic mass is 32.2. The summed E-state index contributed by atoms with van der Waals surface area (Å²) < 4.78 is 15.6. The van der Waals surface area contributed by atoms with Crippen LogP contribution in [0, 0.1) is 5.82 Å². The Morgan fingerprint density at radius 1 is 1.13 bits per heavy atom. The van der Waals surface area contributed by atoms with Gasteiger partial charge in [-0.3, -0.25) is 4.99 Å². The zero-order chi connectivity index (χ0) is 16.3. The number of aliphatic imine (C=N–C) groups is 1. The van der Waals surface area contributed by atoms with Crippen molar-refractivity contribution in [1.82, 2.24) is 15.2 Å². The topological polar surface area (TPSA) is 41.4 Å². The van der Waals surface area contributed by atoms with Gasteiger partial charge in [0.15, 0.2) is 5.96 Å². The van der Waals surface area contributed by atoms with Crippen molar-refractivity contribution in [2.24, 2.45) is 4.99 Å². The summed E-state index contributed by atoms with van der Waals surface area (Å²) >= 11 is 1.71. The Kier molecular flexibility index (Phi) is 7.52. The van der Waals surface area contributed by atoms with Gasteiger partial charge in [0.25, 0.3) is 0 Å². The molecule has 0 amide bonds. The van der Waals surface area contributed by atoms with Crippen molar-refractivity contribution in [3.63, 3.8) is 0 Å². The van der Waals surface area contributed by atoms with Crippen LogP contribution in [0.15, 0.2) is 53.8 Å². The fourth-order valence-electron chi connectivity index (χ4n) is 2.08. The number of hydrogen-bond donors (Lipinski definition) is 2. The fraction of sp³-hybridized carbons (Fsp3) is 0.353. The second kappa shape index (κ2) is 9.94. The highest BCUT2D eigenvalue weighted by Crippen LogP contribution is 2.14. The first-order chi connectivity index (χ1) is 11.3. The van der Waals surface area contributed by atoms with Gasteiger partial charge in [0.05, 0.1) is 0 Å². The maximum absolute atomic E-state index is 13.5. The van der Waals surface area contributed by atoms with E-state index in [-0.39, 0.29) is 5.82 Å². The number of nitrogens with zero attached hydrogens (tertiary/aromatic N) is 2. The van der Waals surface area contributed by atoms with Crippen LogP contribution in [0.25, 0.3) is 0 Å². The fourth-order valence-corrected chi connectivity index (χ4v) is 2.93. The lowest BCUT2D eigenvalue weighted by Gasteiger charge is -2.12. The standard InChI is InChI=1S/C17H23FN4S/c1-19-17(20-8-12-22-10-4-5-11-22)21-9-13-23-14-15-6-2-3-7-16(15)18/h2-7,10-11H,8-9,12-14H2,1H3,(H2,19,20,21). The molecule has 0 aliphatic heterocycles. The molecule has 0 atom stereocenters. The van der Waals surface area contributed by atoms with Gasteiger partial charge < -0.3 is 15.2 Å². The molecule has 0 bridgehead atoms. The van der Waals surface area contributed by atoms with Gasteiger partial charge in [-0.15, -0.1) is 0 Å².